The van der Waals surface area contributed by atoms with Crippen molar-refractivity contribution in [1.29, 1.82) is 0 Å². The second kappa shape index (κ2) is 33.8. The fraction of sp³-hybridized carbons (Fsp3) is 0.661. The Hall–Kier alpha value is -3.94. The lowest BCUT2D eigenvalue weighted by molar-refractivity contribution is -0.323. The van der Waals surface area contributed by atoms with E-state index in [0.29, 0.717) is 6.42 Å². The van der Waals surface area contributed by atoms with Crippen LogP contribution in [0, 0.1) is 17.8 Å². The number of esters is 1. The summed E-state index contributed by atoms with van der Waals surface area (Å²) in [6.45, 7) is 5.65. The number of carbonyl (C=O) groups excluding carboxylic acids is 2. The largest absolute Gasteiger partial charge is 0.462 e. The lowest BCUT2D eigenvalue weighted by atomic mass is 9.82. The van der Waals surface area contributed by atoms with Gasteiger partial charge in [0.05, 0.1) is 98.7 Å². The number of amides is 1. The molecule has 0 spiro atoms. The van der Waals surface area contributed by atoms with Crippen LogP contribution in [0.3, 0.4) is 0 Å². The molecule has 0 saturated carbocycles. The zero-order valence-corrected chi connectivity index (χ0v) is 48.3. The molecule has 4 aliphatic heterocycles. The van der Waals surface area contributed by atoms with Crippen molar-refractivity contribution in [3.8, 4) is 0 Å². The molecule has 0 radical (unpaired) electrons. The maximum Gasteiger partial charge on any atom is 0.308 e. The van der Waals surface area contributed by atoms with Gasteiger partial charge >= 0.3 is 5.97 Å². The predicted octanol–water partition coefficient (Wildman–Crippen LogP) is -0.520. The van der Waals surface area contributed by atoms with Crippen LogP contribution >= 0.6 is 11.3 Å². The van der Waals surface area contributed by atoms with Gasteiger partial charge in [-0.3, -0.25) is 9.59 Å². The predicted molar refractivity (Wildman–Crippen MR) is 303 cm³/mol. The highest BCUT2D eigenvalue weighted by Gasteiger charge is 2.53. The fourth-order valence-electron chi connectivity index (χ4n) is 10.4. The molecular weight excluding hydrogens is 1100 g/mol. The first-order valence-electron chi connectivity index (χ1n) is 28.5. The number of allylic oxidation sites excluding steroid dienone is 12. The summed E-state index contributed by atoms with van der Waals surface area (Å²) < 4.78 is 29.5. The number of aliphatic hydroxyl groups excluding tert-OH is 12. The van der Waals surface area contributed by atoms with Crippen LogP contribution in [0.5, 0.6) is 0 Å². The Kier molecular flexibility index (Phi) is 28.5. The normalized spacial score (nSPS) is 43.4. The van der Waals surface area contributed by atoms with E-state index in [0.717, 1.165) is 4.88 Å². The van der Waals surface area contributed by atoms with Gasteiger partial charge in [-0.15, -0.1) is 11.3 Å². The molecule has 5 heterocycles. The number of nitrogens with one attached hydrogen (secondary N) is 2. The van der Waals surface area contributed by atoms with Crippen LogP contribution in [0.15, 0.2) is 103 Å². The van der Waals surface area contributed by atoms with Crippen LogP contribution in [0.2, 0.25) is 0 Å². The van der Waals surface area contributed by atoms with E-state index in [1.807, 2.05) is 30.5 Å². The summed E-state index contributed by atoms with van der Waals surface area (Å²) in [5, 5.41) is 162. The van der Waals surface area contributed by atoms with Crippen molar-refractivity contribution in [3.05, 3.63) is 107 Å². The Bertz CT molecular complexity index is 2320. The molecule has 2 bridgehead atoms. The molecule has 468 valence electrons. The molecule has 0 aromatic carbocycles. The van der Waals surface area contributed by atoms with Crippen molar-refractivity contribution in [2.75, 3.05) is 19.7 Å². The van der Waals surface area contributed by atoms with E-state index >= 15 is 0 Å². The molecule has 4 aliphatic rings. The summed E-state index contributed by atoms with van der Waals surface area (Å²) in [5.41, 5.74) is 0. The van der Waals surface area contributed by atoms with Crippen molar-refractivity contribution in [2.24, 2.45) is 17.8 Å². The third kappa shape index (κ3) is 21.8. The monoisotopic (exact) mass is 1190 g/mol. The standard InChI is InChI=1S/C59H90N2O21S/c1-34-18-15-13-11-9-7-5-6-8-10-12-14-16-19-41(81-57-54(73)50(52(71)37(4)80-57)61-33-59(77)55(74)53(72)46(68)32-78-59)29-47-49(56(75)60-24-23-42-20-17-25-83-42)45(67)31-58(76,82-47)30-40(64)27-44(66)43(65)22-21-38(62)26-39(63)28-48(69)79-36(3)35(2)51(34)70/h5-20,25,34-41,43-47,49-55,57,61-68,70-74,76-77H,21-24,26-33H2,1-4H3,(H,60,75)/b6-5+,9-7+,10-8+,13-11+,14-12+,18-15+,19-16?/t34-,35?,36-,37+,38+,39+,40-,41-,43+,44+,45-,46+,47?,49?,50-,51+,52+,53-,54-,55-,57?,58+,59+/m0/s1. The van der Waals surface area contributed by atoms with Crippen LogP contribution in [0.25, 0.3) is 0 Å². The van der Waals surface area contributed by atoms with Gasteiger partial charge in [0.25, 0.3) is 0 Å². The van der Waals surface area contributed by atoms with Crippen LogP contribution in [-0.4, -0.2) is 225 Å². The molecule has 23 nitrogen and oxygen atoms in total. The van der Waals surface area contributed by atoms with Crippen molar-refractivity contribution in [1.82, 2.24) is 10.6 Å². The molecule has 0 aliphatic carbocycles. The highest BCUT2D eigenvalue weighted by Crippen LogP contribution is 2.39. The van der Waals surface area contributed by atoms with Crippen molar-refractivity contribution >= 4 is 23.2 Å². The van der Waals surface area contributed by atoms with Crippen LogP contribution < -0.4 is 10.6 Å². The quantitative estimate of drug-likeness (QED) is 0.138. The summed E-state index contributed by atoms with van der Waals surface area (Å²) in [5.74, 6) is -8.37. The average Bonchev–Trinajstić information content (AvgIpc) is 4.12. The first-order chi connectivity index (χ1) is 39.3. The van der Waals surface area contributed by atoms with E-state index in [1.165, 1.54) is 24.3 Å². The molecule has 1 aromatic heterocycles. The smallest absolute Gasteiger partial charge is 0.308 e. The van der Waals surface area contributed by atoms with Gasteiger partial charge in [-0.2, -0.15) is 0 Å². The first-order valence-corrected chi connectivity index (χ1v) is 29.3. The Balaban J connectivity index is 1.42. The Morgan fingerprint density at radius 3 is 1.96 bits per heavy atom. The van der Waals surface area contributed by atoms with Crippen LogP contribution in [-0.2, 0) is 39.7 Å². The van der Waals surface area contributed by atoms with E-state index in [1.54, 1.807) is 86.8 Å². The average molecular weight is 1200 g/mol. The number of fused-ring (bicyclic) bond motifs is 2. The van der Waals surface area contributed by atoms with Crippen molar-refractivity contribution in [2.45, 2.75) is 207 Å². The van der Waals surface area contributed by atoms with E-state index in [4.69, 9.17) is 23.7 Å². The molecule has 5 rings (SSSR count). The molecule has 1 aromatic rings. The van der Waals surface area contributed by atoms with Crippen LogP contribution in [0.4, 0.5) is 0 Å². The summed E-state index contributed by atoms with van der Waals surface area (Å²) in [4.78, 5) is 27.9. The SMILES string of the molecule is CC1[C@H](C)OC(=O)C[C@H](O)C[C@H](O)CC[C@@H](O)[C@H](O)C[C@H](O)C[C@]2(O)C[C@H](O)C(C(=O)NCCc3cccs3)C(C[C@@H](OC3O[C@H](C)[C@@H](O)[C@H](NC[C@@]4(O)OC[C@@H](O)[C@H](O)[C@@H]4O)[C@@H]3O)C=C/C=C/C=C/C=C/C=C/C=C/C=C/[C@H](C)[C@H]1O)O2. The minimum atomic E-state index is -2.47. The zero-order chi connectivity index (χ0) is 61.0. The molecule has 4 unspecified atom stereocenters. The molecule has 3 fully saturated rings. The second-order valence-corrected chi connectivity index (χ2v) is 23.4. The first kappa shape index (κ1) is 69.8. The second-order valence-electron chi connectivity index (χ2n) is 22.3. The lowest BCUT2D eigenvalue weighted by Crippen LogP contribution is -2.69. The third-order valence-electron chi connectivity index (χ3n) is 15.5. The molecule has 16 N–H and O–H groups in total. The molecular formula is C59H90N2O21S. The number of ether oxygens (including phenoxy) is 5. The highest BCUT2D eigenvalue weighted by molar-refractivity contribution is 7.09. The van der Waals surface area contributed by atoms with Gasteiger partial charge in [0.15, 0.2) is 12.1 Å². The Labute approximate surface area is 488 Å². The fourth-order valence-corrected chi connectivity index (χ4v) is 11.1. The maximum absolute atomic E-state index is 14.1. The Morgan fingerprint density at radius 2 is 1.33 bits per heavy atom. The summed E-state index contributed by atoms with van der Waals surface area (Å²) in [6.07, 6.45) is -2.57. The molecule has 24 heteroatoms. The van der Waals surface area contributed by atoms with Crippen LogP contribution in [0.1, 0.15) is 83.9 Å². The minimum absolute atomic E-state index is 0.130. The number of thiophene rings is 1. The van der Waals surface area contributed by atoms with E-state index < -0.39 is 184 Å². The molecule has 3 saturated heterocycles. The minimum Gasteiger partial charge on any atom is -0.462 e. The summed E-state index contributed by atoms with van der Waals surface area (Å²) >= 11 is 1.49. The van der Waals surface area contributed by atoms with E-state index in [-0.39, 0.29) is 38.1 Å². The molecule has 23 atom stereocenters. The molecule has 83 heavy (non-hydrogen) atoms. The van der Waals surface area contributed by atoms with Gasteiger partial charge in [0.2, 0.25) is 11.7 Å². The number of aliphatic hydroxyl groups is 14. The number of carbonyl (C=O) groups is 2. The van der Waals surface area contributed by atoms with E-state index in [2.05, 4.69) is 10.6 Å². The van der Waals surface area contributed by atoms with Gasteiger partial charge in [0.1, 0.15) is 30.5 Å². The van der Waals surface area contributed by atoms with Gasteiger partial charge in [-0.05, 0) is 51.0 Å². The Morgan fingerprint density at radius 1 is 0.687 bits per heavy atom. The van der Waals surface area contributed by atoms with Crippen molar-refractivity contribution in [3.63, 3.8) is 0 Å². The number of hydrogen-bond acceptors (Lipinski definition) is 23. The number of hydrogen-bond donors (Lipinski definition) is 16. The number of cyclic esters (lactones) is 1. The highest BCUT2D eigenvalue weighted by atomic mass is 32.1. The van der Waals surface area contributed by atoms with Gasteiger partial charge in [-0.1, -0.05) is 105 Å². The topological polar surface area (TPSA) is 388 Å². The van der Waals surface area contributed by atoms with Gasteiger partial charge < -0.3 is 106 Å². The maximum atomic E-state index is 14.1. The summed E-state index contributed by atoms with van der Waals surface area (Å²) in [6, 6.07) is 2.42. The number of rotatable bonds is 9. The van der Waals surface area contributed by atoms with Gasteiger partial charge in [-0.25, -0.2) is 0 Å². The lowest BCUT2D eigenvalue weighted by Gasteiger charge is -2.47. The zero-order valence-electron chi connectivity index (χ0n) is 47.5. The van der Waals surface area contributed by atoms with Gasteiger partial charge in [0, 0.05) is 48.9 Å². The molecule has 1 amide bonds. The van der Waals surface area contributed by atoms with E-state index in [9.17, 15) is 81.1 Å². The third-order valence-corrected chi connectivity index (χ3v) is 16.4. The summed E-state index contributed by atoms with van der Waals surface area (Å²) in [7, 11) is 0. The van der Waals surface area contributed by atoms with Crippen molar-refractivity contribution < 1.29 is 105 Å².